The fraction of sp³-hybridized carbons (Fsp3) is 0.0526. The van der Waals surface area contributed by atoms with Crippen LogP contribution in [0.15, 0.2) is 64.8 Å². The van der Waals surface area contributed by atoms with E-state index in [1.165, 1.54) is 0 Å². The van der Waals surface area contributed by atoms with E-state index < -0.39 is 0 Å². The summed E-state index contributed by atoms with van der Waals surface area (Å²) in [6.07, 6.45) is 3.40. The van der Waals surface area contributed by atoms with E-state index >= 15 is 0 Å². The van der Waals surface area contributed by atoms with Crippen LogP contribution >= 0.6 is 15.9 Å². The van der Waals surface area contributed by atoms with Gasteiger partial charge in [0.1, 0.15) is 11.6 Å². The first-order valence-corrected chi connectivity index (χ1v) is 7.86. The summed E-state index contributed by atoms with van der Waals surface area (Å²) in [6.45, 7) is 0. The van der Waals surface area contributed by atoms with Crippen molar-refractivity contribution >= 4 is 38.7 Å². The third-order valence-corrected chi connectivity index (χ3v) is 4.43. The zero-order valence-corrected chi connectivity index (χ0v) is 14.0. The van der Waals surface area contributed by atoms with Crippen LogP contribution in [0.1, 0.15) is 15.9 Å². The van der Waals surface area contributed by atoms with Gasteiger partial charge in [0.05, 0.1) is 0 Å². The van der Waals surface area contributed by atoms with Gasteiger partial charge in [-0.2, -0.15) is 5.26 Å². The van der Waals surface area contributed by atoms with Crippen LogP contribution in [-0.4, -0.2) is 10.4 Å². The van der Waals surface area contributed by atoms with Crippen molar-refractivity contribution in [2.24, 2.45) is 7.05 Å². The quantitative estimate of drug-likeness (QED) is 0.383. The molecule has 3 rings (SSSR count). The number of nitriles is 1. The molecule has 4 heteroatoms. The smallest absolute Gasteiger partial charge is 0.205 e. The first kappa shape index (κ1) is 15.3. The van der Waals surface area contributed by atoms with Gasteiger partial charge in [-0.15, -0.1) is 0 Å². The Kier molecular flexibility index (Phi) is 4.14. The fourth-order valence-electron chi connectivity index (χ4n) is 2.56. The Morgan fingerprint density at radius 1 is 1.17 bits per heavy atom. The summed E-state index contributed by atoms with van der Waals surface area (Å²) >= 11 is 3.43. The molecular weight excluding hydrogens is 352 g/mol. The first-order valence-electron chi connectivity index (χ1n) is 7.07. The summed E-state index contributed by atoms with van der Waals surface area (Å²) in [7, 11) is 1.89. The van der Waals surface area contributed by atoms with Gasteiger partial charge in [-0.05, 0) is 23.8 Å². The number of hydrogen-bond acceptors (Lipinski definition) is 2. The zero-order chi connectivity index (χ0) is 16.4. The van der Waals surface area contributed by atoms with Crippen molar-refractivity contribution in [2.75, 3.05) is 0 Å². The molecule has 0 aliphatic heterocycles. The molecule has 23 heavy (non-hydrogen) atoms. The standard InChI is InChI=1S/C19H13BrN2O/c1-22-12-16(15-7-3-5-9-18(15)22)19(23)14(11-21)10-13-6-2-4-8-17(13)20/h2-10,12H,1H3/b14-10+. The van der Waals surface area contributed by atoms with Crippen molar-refractivity contribution in [2.45, 2.75) is 0 Å². The maximum atomic E-state index is 12.8. The molecule has 3 nitrogen and oxygen atoms in total. The fourth-order valence-corrected chi connectivity index (χ4v) is 2.96. The average Bonchev–Trinajstić information content (AvgIpc) is 2.91. The van der Waals surface area contributed by atoms with Crippen LogP contribution in [0.5, 0.6) is 0 Å². The maximum Gasteiger partial charge on any atom is 0.205 e. The molecule has 0 aliphatic carbocycles. The van der Waals surface area contributed by atoms with Gasteiger partial charge in [0.15, 0.2) is 0 Å². The van der Waals surface area contributed by atoms with Crippen LogP contribution in [0.2, 0.25) is 0 Å². The van der Waals surface area contributed by atoms with E-state index in [-0.39, 0.29) is 11.4 Å². The van der Waals surface area contributed by atoms with Crippen molar-refractivity contribution in [1.29, 1.82) is 5.26 Å². The van der Waals surface area contributed by atoms with Gasteiger partial charge in [0.25, 0.3) is 0 Å². The lowest BCUT2D eigenvalue weighted by molar-refractivity contribution is 0.104. The molecule has 1 heterocycles. The summed E-state index contributed by atoms with van der Waals surface area (Å²) in [5.41, 5.74) is 2.43. The van der Waals surface area contributed by atoms with Crippen LogP contribution in [0.25, 0.3) is 17.0 Å². The molecule has 2 aromatic carbocycles. The minimum absolute atomic E-state index is 0.119. The number of aromatic nitrogens is 1. The molecule has 0 bridgehead atoms. The molecule has 0 atom stereocenters. The molecule has 0 saturated carbocycles. The van der Waals surface area contributed by atoms with Crippen LogP contribution in [0, 0.1) is 11.3 Å². The second-order valence-electron chi connectivity index (χ2n) is 5.19. The number of halogens is 1. The summed E-state index contributed by atoms with van der Waals surface area (Å²) in [5.74, 6) is -0.264. The minimum atomic E-state index is -0.264. The topological polar surface area (TPSA) is 45.8 Å². The number of hydrogen-bond donors (Lipinski definition) is 0. The normalized spacial score (nSPS) is 11.4. The molecular formula is C19H13BrN2O. The van der Waals surface area contributed by atoms with E-state index in [1.54, 1.807) is 12.3 Å². The monoisotopic (exact) mass is 364 g/mol. The predicted molar refractivity (Wildman–Crippen MR) is 95.0 cm³/mol. The zero-order valence-electron chi connectivity index (χ0n) is 12.5. The summed E-state index contributed by atoms with van der Waals surface area (Å²) in [4.78, 5) is 12.8. The lowest BCUT2D eigenvalue weighted by Gasteiger charge is -2.00. The average molecular weight is 365 g/mol. The summed E-state index contributed by atoms with van der Waals surface area (Å²) in [6, 6.07) is 17.2. The second-order valence-corrected chi connectivity index (χ2v) is 6.05. The Labute approximate surface area is 142 Å². The number of Topliss-reactive ketones (excluding diaryl/α,β-unsaturated/α-hetero) is 1. The molecule has 0 aliphatic rings. The minimum Gasteiger partial charge on any atom is -0.350 e. The molecule has 0 unspecified atom stereocenters. The molecule has 112 valence electrons. The Morgan fingerprint density at radius 2 is 1.87 bits per heavy atom. The molecule has 1 aromatic heterocycles. The molecule has 3 aromatic rings. The maximum absolute atomic E-state index is 12.8. The number of benzene rings is 2. The van der Waals surface area contributed by atoms with Gasteiger partial charge in [0.2, 0.25) is 5.78 Å². The van der Waals surface area contributed by atoms with Crippen molar-refractivity contribution in [3.05, 3.63) is 75.9 Å². The van der Waals surface area contributed by atoms with E-state index in [9.17, 15) is 10.1 Å². The van der Waals surface area contributed by atoms with Gasteiger partial charge < -0.3 is 4.57 Å². The first-order chi connectivity index (χ1) is 11.1. The second kappa shape index (κ2) is 6.23. The van der Waals surface area contributed by atoms with Gasteiger partial charge in [-0.3, -0.25) is 4.79 Å². The van der Waals surface area contributed by atoms with Crippen LogP contribution in [-0.2, 0) is 7.05 Å². The SMILES string of the molecule is Cn1cc(C(=O)/C(C#N)=C/c2ccccc2Br)c2ccccc21. The number of para-hydroxylation sites is 1. The number of rotatable bonds is 3. The highest BCUT2D eigenvalue weighted by atomic mass is 79.9. The number of carbonyl (C=O) groups is 1. The van der Waals surface area contributed by atoms with E-state index in [1.807, 2.05) is 66.2 Å². The summed E-state index contributed by atoms with van der Waals surface area (Å²) in [5, 5.41) is 10.3. The van der Waals surface area contributed by atoms with Crippen molar-refractivity contribution in [3.8, 4) is 6.07 Å². The highest BCUT2D eigenvalue weighted by molar-refractivity contribution is 9.10. The van der Waals surface area contributed by atoms with E-state index in [2.05, 4.69) is 15.9 Å². The number of allylic oxidation sites excluding steroid dienone is 1. The summed E-state index contributed by atoms with van der Waals surface area (Å²) < 4.78 is 2.74. The third kappa shape index (κ3) is 2.84. The molecule has 0 amide bonds. The van der Waals surface area contributed by atoms with Gasteiger partial charge in [0, 0.05) is 34.2 Å². The van der Waals surface area contributed by atoms with E-state index in [0.29, 0.717) is 5.56 Å². The van der Waals surface area contributed by atoms with Crippen molar-refractivity contribution < 1.29 is 4.79 Å². The Morgan fingerprint density at radius 3 is 2.61 bits per heavy atom. The van der Waals surface area contributed by atoms with Crippen LogP contribution in [0.4, 0.5) is 0 Å². The molecule has 0 spiro atoms. The van der Waals surface area contributed by atoms with Gasteiger partial charge >= 0.3 is 0 Å². The number of fused-ring (bicyclic) bond motifs is 1. The third-order valence-electron chi connectivity index (χ3n) is 3.71. The largest absolute Gasteiger partial charge is 0.350 e. The van der Waals surface area contributed by atoms with E-state index in [4.69, 9.17) is 0 Å². The van der Waals surface area contributed by atoms with Gasteiger partial charge in [-0.25, -0.2) is 0 Å². The van der Waals surface area contributed by atoms with Crippen molar-refractivity contribution in [1.82, 2.24) is 4.57 Å². The van der Waals surface area contributed by atoms with E-state index in [0.717, 1.165) is 20.9 Å². The molecule has 0 saturated heterocycles. The molecule has 0 N–H and O–H groups in total. The highest BCUT2D eigenvalue weighted by Crippen LogP contribution is 2.25. The Hall–Kier alpha value is -2.64. The van der Waals surface area contributed by atoms with Crippen LogP contribution in [0.3, 0.4) is 0 Å². The Balaban J connectivity index is 2.10. The number of nitrogens with zero attached hydrogens (tertiary/aromatic N) is 2. The van der Waals surface area contributed by atoms with Gasteiger partial charge in [-0.1, -0.05) is 52.3 Å². The molecule has 0 radical (unpaired) electrons. The number of carbonyl (C=O) groups excluding carboxylic acids is 1. The van der Waals surface area contributed by atoms with Crippen LogP contribution < -0.4 is 0 Å². The molecule has 0 fully saturated rings. The highest BCUT2D eigenvalue weighted by Gasteiger charge is 2.18. The number of aryl methyl sites for hydroxylation is 1. The lowest BCUT2D eigenvalue weighted by atomic mass is 10.0. The number of ketones is 1. The van der Waals surface area contributed by atoms with Crippen molar-refractivity contribution in [3.63, 3.8) is 0 Å². The predicted octanol–water partition coefficient (Wildman–Crippen LogP) is 4.73. The Bertz CT molecular complexity index is 976. The lowest BCUT2D eigenvalue weighted by Crippen LogP contribution is -2.01.